The number of methoxy groups -OCH3 is 2. The van der Waals surface area contributed by atoms with Gasteiger partial charge < -0.3 is 18.9 Å². The van der Waals surface area contributed by atoms with Crippen LogP contribution in [0.5, 0.6) is 23.0 Å². The SMILES string of the molecule is CCC(=N\NC(=O)COc1ccc(OC)cc1)/C(CC)=N/NC(=O)COc1ccc(OC)cc1. The van der Waals surface area contributed by atoms with Crippen LogP contribution in [-0.2, 0) is 9.59 Å². The van der Waals surface area contributed by atoms with Crippen molar-refractivity contribution in [2.45, 2.75) is 26.7 Å². The molecule has 0 aliphatic rings. The van der Waals surface area contributed by atoms with Gasteiger partial charge in [-0.1, -0.05) is 13.8 Å². The quantitative estimate of drug-likeness (QED) is 0.343. The molecule has 0 saturated heterocycles. The smallest absolute Gasteiger partial charge is 0.277 e. The fraction of sp³-hybridized carbons (Fsp3) is 0.333. The number of hydrogen-bond acceptors (Lipinski definition) is 8. The van der Waals surface area contributed by atoms with Gasteiger partial charge in [0, 0.05) is 0 Å². The van der Waals surface area contributed by atoms with Gasteiger partial charge in [-0.05, 0) is 61.4 Å². The first-order valence-electron chi connectivity index (χ1n) is 10.7. The molecule has 0 aromatic heterocycles. The molecule has 0 atom stereocenters. The lowest BCUT2D eigenvalue weighted by molar-refractivity contribution is -0.123. The molecule has 0 aliphatic heterocycles. The van der Waals surface area contributed by atoms with Crippen molar-refractivity contribution in [2.24, 2.45) is 10.2 Å². The molecular weight excluding hydrogens is 440 g/mol. The van der Waals surface area contributed by atoms with Gasteiger partial charge >= 0.3 is 0 Å². The van der Waals surface area contributed by atoms with Gasteiger partial charge in [0.1, 0.15) is 23.0 Å². The molecule has 2 rings (SSSR count). The minimum atomic E-state index is -0.422. The summed E-state index contributed by atoms with van der Waals surface area (Å²) < 4.78 is 21.0. The topological polar surface area (TPSA) is 120 Å². The summed E-state index contributed by atoms with van der Waals surface area (Å²) in [5.41, 5.74) is 5.99. The maximum atomic E-state index is 12.1. The zero-order valence-corrected chi connectivity index (χ0v) is 19.8. The Morgan fingerprint density at radius 1 is 0.647 bits per heavy atom. The summed E-state index contributed by atoms with van der Waals surface area (Å²) in [6.07, 6.45) is 1.01. The van der Waals surface area contributed by atoms with Crippen LogP contribution >= 0.6 is 0 Å². The normalized spacial score (nSPS) is 11.4. The number of ether oxygens (including phenoxy) is 4. The Hall–Kier alpha value is -4.08. The third kappa shape index (κ3) is 8.81. The Morgan fingerprint density at radius 2 is 0.971 bits per heavy atom. The van der Waals surface area contributed by atoms with E-state index in [1.165, 1.54) is 0 Å². The van der Waals surface area contributed by atoms with Gasteiger partial charge in [0.2, 0.25) is 0 Å². The first-order valence-corrected chi connectivity index (χ1v) is 10.7. The Morgan fingerprint density at radius 3 is 1.26 bits per heavy atom. The second-order valence-electron chi connectivity index (χ2n) is 6.82. The minimum absolute atomic E-state index is 0.204. The summed E-state index contributed by atoms with van der Waals surface area (Å²) in [5.74, 6) is 1.61. The fourth-order valence-electron chi connectivity index (χ4n) is 2.66. The maximum Gasteiger partial charge on any atom is 0.277 e. The van der Waals surface area contributed by atoms with Gasteiger partial charge in [0.15, 0.2) is 13.2 Å². The van der Waals surface area contributed by atoms with Gasteiger partial charge in [0.25, 0.3) is 11.8 Å². The molecule has 0 radical (unpaired) electrons. The monoisotopic (exact) mass is 470 g/mol. The molecule has 0 spiro atoms. The molecule has 2 aromatic rings. The predicted octanol–water partition coefficient (Wildman–Crippen LogP) is 2.93. The summed E-state index contributed by atoms with van der Waals surface area (Å²) in [5, 5.41) is 8.27. The largest absolute Gasteiger partial charge is 0.497 e. The molecule has 2 aromatic carbocycles. The number of carbonyl (C=O) groups is 2. The van der Waals surface area contributed by atoms with Crippen LogP contribution in [0, 0.1) is 0 Å². The van der Waals surface area contributed by atoms with Crippen LogP contribution in [0.1, 0.15) is 26.7 Å². The lowest BCUT2D eigenvalue weighted by Crippen LogP contribution is -2.30. The van der Waals surface area contributed by atoms with Crippen molar-refractivity contribution < 1.29 is 28.5 Å². The number of rotatable bonds is 13. The van der Waals surface area contributed by atoms with Crippen molar-refractivity contribution in [1.82, 2.24) is 10.9 Å². The van der Waals surface area contributed by atoms with E-state index in [0.717, 1.165) is 0 Å². The van der Waals surface area contributed by atoms with Crippen molar-refractivity contribution in [3.63, 3.8) is 0 Å². The van der Waals surface area contributed by atoms with E-state index in [0.29, 0.717) is 47.3 Å². The zero-order chi connectivity index (χ0) is 24.8. The highest BCUT2D eigenvalue weighted by Crippen LogP contribution is 2.17. The third-order valence-corrected chi connectivity index (χ3v) is 4.49. The molecule has 0 heterocycles. The molecule has 0 fully saturated rings. The number of nitrogens with one attached hydrogen (secondary N) is 2. The summed E-state index contributed by atoms with van der Waals surface area (Å²) >= 11 is 0. The summed E-state index contributed by atoms with van der Waals surface area (Å²) in [6.45, 7) is 3.34. The van der Waals surface area contributed by atoms with Crippen molar-refractivity contribution in [1.29, 1.82) is 0 Å². The van der Waals surface area contributed by atoms with E-state index in [1.54, 1.807) is 62.8 Å². The summed E-state index contributed by atoms with van der Waals surface area (Å²) in [4.78, 5) is 24.2. The average Bonchev–Trinajstić information content (AvgIpc) is 2.88. The first kappa shape index (κ1) is 26.2. The summed E-state index contributed by atoms with van der Waals surface area (Å²) in [6, 6.07) is 13.8. The molecule has 10 nitrogen and oxygen atoms in total. The van der Waals surface area contributed by atoms with Gasteiger partial charge in [-0.25, -0.2) is 10.9 Å². The van der Waals surface area contributed by atoms with E-state index in [9.17, 15) is 9.59 Å². The molecule has 182 valence electrons. The van der Waals surface area contributed by atoms with E-state index in [2.05, 4.69) is 21.1 Å². The highest BCUT2D eigenvalue weighted by Gasteiger charge is 2.09. The highest BCUT2D eigenvalue weighted by molar-refractivity contribution is 6.42. The standard InChI is InChI=1S/C24H30N4O6/c1-5-21(25-27-23(29)15-33-19-11-7-17(31-3)8-12-19)22(6-2)26-28-24(30)16-34-20-13-9-18(32-4)10-14-20/h7-14H,5-6,15-16H2,1-4H3,(H,27,29)(H,28,30)/b25-21+,26-22+. The molecular formula is C24H30N4O6. The van der Waals surface area contributed by atoms with Crippen LogP contribution in [0.2, 0.25) is 0 Å². The Kier molecular flexibility index (Phi) is 10.9. The van der Waals surface area contributed by atoms with E-state index in [-0.39, 0.29) is 13.2 Å². The van der Waals surface area contributed by atoms with Crippen LogP contribution in [0.3, 0.4) is 0 Å². The number of amides is 2. The minimum Gasteiger partial charge on any atom is -0.497 e. The molecule has 0 bridgehead atoms. The molecule has 0 saturated carbocycles. The van der Waals surface area contributed by atoms with Crippen LogP contribution < -0.4 is 29.8 Å². The van der Waals surface area contributed by atoms with Crippen LogP contribution in [0.25, 0.3) is 0 Å². The zero-order valence-electron chi connectivity index (χ0n) is 19.8. The molecule has 2 amide bonds. The van der Waals surface area contributed by atoms with Gasteiger partial charge in [-0.2, -0.15) is 10.2 Å². The van der Waals surface area contributed by atoms with Crippen molar-refractivity contribution in [3.8, 4) is 23.0 Å². The van der Waals surface area contributed by atoms with Crippen molar-refractivity contribution in [2.75, 3.05) is 27.4 Å². The van der Waals surface area contributed by atoms with Crippen LogP contribution in [0.4, 0.5) is 0 Å². The Balaban J connectivity index is 1.84. The third-order valence-electron chi connectivity index (χ3n) is 4.49. The number of nitrogens with zero attached hydrogens (tertiary/aromatic N) is 2. The van der Waals surface area contributed by atoms with E-state index >= 15 is 0 Å². The van der Waals surface area contributed by atoms with Gasteiger partial charge in [-0.15, -0.1) is 0 Å². The molecule has 10 heteroatoms. The van der Waals surface area contributed by atoms with Crippen LogP contribution in [-0.4, -0.2) is 50.7 Å². The second-order valence-corrected chi connectivity index (χ2v) is 6.82. The first-order chi connectivity index (χ1) is 16.5. The Bertz CT molecular complexity index is 906. The number of hydrazone groups is 2. The lowest BCUT2D eigenvalue weighted by Gasteiger charge is -2.09. The van der Waals surface area contributed by atoms with E-state index in [1.807, 2.05) is 13.8 Å². The molecule has 34 heavy (non-hydrogen) atoms. The van der Waals surface area contributed by atoms with Crippen LogP contribution in [0.15, 0.2) is 58.7 Å². The van der Waals surface area contributed by atoms with E-state index < -0.39 is 11.8 Å². The van der Waals surface area contributed by atoms with Crippen molar-refractivity contribution in [3.05, 3.63) is 48.5 Å². The lowest BCUT2D eigenvalue weighted by atomic mass is 10.1. The average molecular weight is 471 g/mol. The number of carbonyl (C=O) groups excluding carboxylic acids is 2. The highest BCUT2D eigenvalue weighted by atomic mass is 16.5. The maximum absolute atomic E-state index is 12.1. The van der Waals surface area contributed by atoms with Crippen molar-refractivity contribution >= 4 is 23.2 Å². The predicted molar refractivity (Wildman–Crippen MR) is 129 cm³/mol. The molecule has 0 unspecified atom stereocenters. The van der Waals surface area contributed by atoms with Gasteiger partial charge in [-0.3, -0.25) is 9.59 Å². The molecule has 0 aliphatic carbocycles. The Labute approximate surface area is 198 Å². The second kappa shape index (κ2) is 14.1. The summed E-state index contributed by atoms with van der Waals surface area (Å²) in [7, 11) is 3.14. The van der Waals surface area contributed by atoms with Gasteiger partial charge in [0.05, 0.1) is 25.6 Å². The van der Waals surface area contributed by atoms with E-state index in [4.69, 9.17) is 18.9 Å². The number of hydrogen-bond donors (Lipinski definition) is 2. The fourth-order valence-corrected chi connectivity index (χ4v) is 2.66. The number of benzene rings is 2. The molecule has 2 N–H and O–H groups in total.